The molecule has 2 aromatic heterocycles. The van der Waals surface area contributed by atoms with Gasteiger partial charge in [-0.25, -0.2) is 15.0 Å². The molecule has 0 spiro atoms. The van der Waals surface area contributed by atoms with Crippen LogP contribution in [-0.2, 0) is 0 Å². The van der Waals surface area contributed by atoms with E-state index in [1.807, 2.05) is 12.1 Å². The number of piperidine rings is 1. The van der Waals surface area contributed by atoms with E-state index in [-0.39, 0.29) is 5.69 Å². The Hall–Kier alpha value is -2.92. The molecule has 0 bridgehead atoms. The Morgan fingerprint density at radius 3 is 2.58 bits per heavy atom. The van der Waals surface area contributed by atoms with Crippen molar-refractivity contribution in [2.75, 3.05) is 36.5 Å². The maximum atomic E-state index is 8.75. The molecule has 1 saturated heterocycles. The van der Waals surface area contributed by atoms with Gasteiger partial charge in [0.25, 0.3) is 0 Å². The fourth-order valence-electron chi connectivity index (χ4n) is 2.61. The zero-order chi connectivity index (χ0) is 16.9. The van der Waals surface area contributed by atoms with Gasteiger partial charge in [-0.1, -0.05) is 0 Å². The molecule has 1 aliphatic heterocycles. The summed E-state index contributed by atoms with van der Waals surface area (Å²) in [5, 5.41) is 15.3. The molecule has 0 amide bonds. The largest absolute Gasteiger partial charge is 0.396 e. The lowest BCUT2D eigenvalue weighted by Gasteiger charge is -2.30. The first kappa shape index (κ1) is 16.0. The SMILES string of the molecule is CN1CCC(Nc2cc(Nc3cnc(C#N)cn3)ncc2N)CC1. The van der Waals surface area contributed by atoms with Crippen LogP contribution in [0.3, 0.4) is 0 Å². The van der Waals surface area contributed by atoms with Crippen LogP contribution in [0.15, 0.2) is 24.7 Å². The first-order valence-corrected chi connectivity index (χ1v) is 7.84. The number of aromatic nitrogens is 3. The second kappa shape index (κ2) is 7.10. The van der Waals surface area contributed by atoms with E-state index in [0.717, 1.165) is 31.6 Å². The van der Waals surface area contributed by atoms with E-state index < -0.39 is 0 Å². The number of nitrogens with zero attached hydrogens (tertiary/aromatic N) is 5. The van der Waals surface area contributed by atoms with Crippen molar-refractivity contribution < 1.29 is 0 Å². The van der Waals surface area contributed by atoms with Crippen LogP contribution in [-0.4, -0.2) is 46.0 Å². The van der Waals surface area contributed by atoms with Crippen LogP contribution in [0.25, 0.3) is 0 Å². The molecule has 0 radical (unpaired) electrons. The standard InChI is InChI=1S/C16H20N8/c1-24-4-2-11(3-5-24)22-14-6-15(21-9-13(14)18)23-16-10-19-12(7-17)8-20-16/h6,8-11H,2-5,18H2,1H3,(H2,20,21,22,23). The fraction of sp³-hybridized carbons (Fsp3) is 0.375. The number of anilines is 4. The lowest BCUT2D eigenvalue weighted by atomic mass is 10.1. The highest BCUT2D eigenvalue weighted by Gasteiger charge is 2.17. The minimum Gasteiger partial charge on any atom is -0.396 e. The Bertz CT molecular complexity index is 729. The minimum atomic E-state index is 0.274. The summed E-state index contributed by atoms with van der Waals surface area (Å²) in [5.41, 5.74) is 7.79. The first-order valence-electron chi connectivity index (χ1n) is 7.84. The molecule has 2 aromatic rings. The highest BCUT2D eigenvalue weighted by atomic mass is 15.1. The highest BCUT2D eigenvalue weighted by molar-refractivity contribution is 5.70. The molecule has 0 atom stereocenters. The second-order valence-electron chi connectivity index (χ2n) is 5.90. The van der Waals surface area contributed by atoms with Gasteiger partial charge in [-0.3, -0.25) is 0 Å². The van der Waals surface area contributed by atoms with Crippen LogP contribution >= 0.6 is 0 Å². The maximum Gasteiger partial charge on any atom is 0.158 e. The van der Waals surface area contributed by atoms with E-state index in [2.05, 4.69) is 37.5 Å². The average Bonchev–Trinajstić information content (AvgIpc) is 2.60. The second-order valence-corrected chi connectivity index (χ2v) is 5.90. The number of nitrogens with one attached hydrogen (secondary N) is 2. The van der Waals surface area contributed by atoms with Gasteiger partial charge in [0, 0.05) is 12.1 Å². The van der Waals surface area contributed by atoms with E-state index >= 15 is 0 Å². The fourth-order valence-corrected chi connectivity index (χ4v) is 2.61. The summed E-state index contributed by atoms with van der Waals surface area (Å²) in [6, 6.07) is 4.22. The molecular weight excluding hydrogens is 304 g/mol. The highest BCUT2D eigenvalue weighted by Crippen LogP contribution is 2.25. The van der Waals surface area contributed by atoms with Crippen molar-refractivity contribution in [1.82, 2.24) is 19.9 Å². The molecule has 3 heterocycles. The Morgan fingerprint density at radius 1 is 1.17 bits per heavy atom. The summed E-state index contributed by atoms with van der Waals surface area (Å²) in [7, 11) is 2.14. The van der Waals surface area contributed by atoms with Gasteiger partial charge >= 0.3 is 0 Å². The van der Waals surface area contributed by atoms with Crippen LogP contribution in [0, 0.1) is 11.3 Å². The number of nitriles is 1. The molecule has 3 rings (SSSR count). The van der Waals surface area contributed by atoms with Gasteiger partial charge in [0.15, 0.2) is 5.69 Å². The lowest BCUT2D eigenvalue weighted by molar-refractivity contribution is 0.264. The lowest BCUT2D eigenvalue weighted by Crippen LogP contribution is -2.36. The van der Waals surface area contributed by atoms with Crippen LogP contribution in [0.5, 0.6) is 0 Å². The smallest absolute Gasteiger partial charge is 0.158 e. The molecule has 24 heavy (non-hydrogen) atoms. The van der Waals surface area contributed by atoms with E-state index in [9.17, 15) is 0 Å². The molecule has 0 aromatic carbocycles. The molecule has 1 aliphatic rings. The molecule has 124 valence electrons. The third-order valence-corrected chi connectivity index (χ3v) is 4.04. The number of pyridine rings is 1. The van der Waals surface area contributed by atoms with E-state index in [0.29, 0.717) is 23.4 Å². The van der Waals surface area contributed by atoms with Gasteiger partial charge in [-0.05, 0) is 33.0 Å². The quantitative estimate of drug-likeness (QED) is 0.776. The number of rotatable bonds is 4. The normalized spacial score (nSPS) is 15.7. The molecule has 8 heteroatoms. The van der Waals surface area contributed by atoms with Crippen LogP contribution in [0.1, 0.15) is 18.5 Å². The minimum absolute atomic E-state index is 0.274. The number of nitrogens with two attached hydrogens (primary N) is 1. The summed E-state index contributed by atoms with van der Waals surface area (Å²) in [4.78, 5) is 14.7. The Labute approximate surface area is 140 Å². The number of hydrogen-bond donors (Lipinski definition) is 3. The summed E-state index contributed by atoms with van der Waals surface area (Å²) in [6.07, 6.45) is 6.71. The Kier molecular flexibility index (Phi) is 4.72. The van der Waals surface area contributed by atoms with Crippen molar-refractivity contribution in [1.29, 1.82) is 5.26 Å². The molecular formula is C16H20N8. The van der Waals surface area contributed by atoms with Gasteiger partial charge in [-0.15, -0.1) is 0 Å². The third-order valence-electron chi connectivity index (χ3n) is 4.04. The number of likely N-dealkylation sites (tertiary alicyclic amines) is 1. The van der Waals surface area contributed by atoms with Gasteiger partial charge in [-0.2, -0.15) is 5.26 Å². The van der Waals surface area contributed by atoms with Crippen LogP contribution in [0.2, 0.25) is 0 Å². The van der Waals surface area contributed by atoms with Crippen molar-refractivity contribution >= 4 is 23.0 Å². The van der Waals surface area contributed by atoms with Crippen molar-refractivity contribution in [2.45, 2.75) is 18.9 Å². The van der Waals surface area contributed by atoms with E-state index in [4.69, 9.17) is 11.0 Å². The van der Waals surface area contributed by atoms with Crippen molar-refractivity contribution in [3.8, 4) is 6.07 Å². The topological polar surface area (TPSA) is 116 Å². The number of nitrogen functional groups attached to an aromatic ring is 1. The predicted molar refractivity (Wildman–Crippen MR) is 92.8 cm³/mol. The van der Waals surface area contributed by atoms with Gasteiger partial charge in [0.2, 0.25) is 0 Å². The molecule has 0 unspecified atom stereocenters. The zero-order valence-corrected chi connectivity index (χ0v) is 13.5. The average molecular weight is 324 g/mol. The molecule has 0 aliphatic carbocycles. The van der Waals surface area contributed by atoms with Crippen LogP contribution in [0.4, 0.5) is 23.0 Å². The van der Waals surface area contributed by atoms with Crippen molar-refractivity contribution in [3.63, 3.8) is 0 Å². The summed E-state index contributed by atoms with van der Waals surface area (Å²) < 4.78 is 0. The van der Waals surface area contributed by atoms with E-state index in [1.54, 1.807) is 6.20 Å². The van der Waals surface area contributed by atoms with Gasteiger partial charge < -0.3 is 21.3 Å². The van der Waals surface area contributed by atoms with E-state index in [1.165, 1.54) is 12.4 Å². The van der Waals surface area contributed by atoms with Crippen molar-refractivity contribution in [2.24, 2.45) is 0 Å². The van der Waals surface area contributed by atoms with Crippen LogP contribution < -0.4 is 16.4 Å². The molecule has 8 nitrogen and oxygen atoms in total. The summed E-state index contributed by atoms with van der Waals surface area (Å²) in [5.74, 6) is 1.15. The van der Waals surface area contributed by atoms with Crippen molar-refractivity contribution in [3.05, 3.63) is 30.4 Å². The first-order chi connectivity index (χ1) is 11.6. The third kappa shape index (κ3) is 3.88. The molecule has 4 N–H and O–H groups in total. The Morgan fingerprint density at radius 2 is 1.92 bits per heavy atom. The summed E-state index contributed by atoms with van der Waals surface area (Å²) >= 11 is 0. The molecule has 1 fully saturated rings. The predicted octanol–water partition coefficient (Wildman–Crippen LogP) is 1.58. The molecule has 0 saturated carbocycles. The zero-order valence-electron chi connectivity index (χ0n) is 13.5. The van der Waals surface area contributed by atoms with Gasteiger partial charge in [0.05, 0.1) is 30.0 Å². The monoisotopic (exact) mass is 324 g/mol. The Balaban J connectivity index is 1.70. The number of hydrogen-bond acceptors (Lipinski definition) is 8. The van der Waals surface area contributed by atoms with Gasteiger partial charge in [0.1, 0.15) is 17.7 Å². The maximum absolute atomic E-state index is 8.75. The summed E-state index contributed by atoms with van der Waals surface area (Å²) in [6.45, 7) is 2.16.